The van der Waals surface area contributed by atoms with Crippen molar-refractivity contribution in [3.05, 3.63) is 35.0 Å². The molecule has 1 fully saturated rings. The fraction of sp³-hybridized carbons (Fsp3) is 0.524. The zero-order valence-electron chi connectivity index (χ0n) is 16.5. The largest absolute Gasteiger partial charge is 0.481 e. The summed E-state index contributed by atoms with van der Waals surface area (Å²) in [6.45, 7) is 8.44. The van der Waals surface area contributed by atoms with E-state index < -0.39 is 11.9 Å². The van der Waals surface area contributed by atoms with E-state index in [1.165, 1.54) is 5.69 Å². The predicted octanol–water partition coefficient (Wildman–Crippen LogP) is 3.09. The third-order valence-electron chi connectivity index (χ3n) is 5.70. The fourth-order valence-corrected chi connectivity index (χ4v) is 4.13. The van der Waals surface area contributed by atoms with Gasteiger partial charge in [0, 0.05) is 48.9 Å². The van der Waals surface area contributed by atoms with Gasteiger partial charge in [0.25, 0.3) is 5.91 Å². The van der Waals surface area contributed by atoms with Crippen LogP contribution in [0.15, 0.2) is 18.2 Å². The molecule has 0 aliphatic carbocycles. The first-order valence-corrected chi connectivity index (χ1v) is 9.44. The van der Waals surface area contributed by atoms with Crippen LogP contribution in [0.3, 0.4) is 0 Å². The van der Waals surface area contributed by atoms with Crippen LogP contribution in [-0.2, 0) is 16.1 Å². The Morgan fingerprint density at radius 1 is 1.26 bits per heavy atom. The molecule has 2 unspecified atom stereocenters. The Balaban J connectivity index is 1.91. The molecule has 2 heterocycles. The maximum absolute atomic E-state index is 13.0. The van der Waals surface area contributed by atoms with Crippen LogP contribution in [-0.4, -0.2) is 53.3 Å². The number of rotatable bonds is 5. The summed E-state index contributed by atoms with van der Waals surface area (Å²) >= 11 is 0. The number of piperidine rings is 1. The number of methoxy groups -OCH3 is 1. The van der Waals surface area contributed by atoms with E-state index in [9.17, 15) is 14.7 Å². The van der Waals surface area contributed by atoms with Gasteiger partial charge in [0.05, 0.1) is 12.5 Å². The second-order valence-electron chi connectivity index (χ2n) is 7.67. The summed E-state index contributed by atoms with van der Waals surface area (Å²) < 4.78 is 7.42. The molecule has 6 heteroatoms. The first-order valence-electron chi connectivity index (χ1n) is 9.44. The molecule has 1 N–H and O–H groups in total. The smallest absolute Gasteiger partial charge is 0.308 e. The quantitative estimate of drug-likeness (QED) is 0.875. The molecule has 6 nitrogen and oxygen atoms in total. The third-order valence-corrected chi connectivity index (χ3v) is 5.70. The molecular weight excluding hydrogens is 344 g/mol. The number of carboxylic acid groups (broad SMARTS) is 1. The number of hydrogen-bond donors (Lipinski definition) is 1. The average molecular weight is 372 g/mol. The summed E-state index contributed by atoms with van der Waals surface area (Å²) in [5.74, 6) is -1.21. The van der Waals surface area contributed by atoms with Gasteiger partial charge in [-0.25, -0.2) is 0 Å². The Hall–Kier alpha value is -2.34. The highest BCUT2D eigenvalue weighted by molar-refractivity contribution is 5.99. The first kappa shape index (κ1) is 19.4. The van der Waals surface area contributed by atoms with Gasteiger partial charge in [-0.15, -0.1) is 0 Å². The molecule has 0 bridgehead atoms. The van der Waals surface area contributed by atoms with Crippen molar-refractivity contribution in [1.82, 2.24) is 9.47 Å². The van der Waals surface area contributed by atoms with Crippen LogP contribution < -0.4 is 0 Å². The lowest BCUT2D eigenvalue weighted by molar-refractivity contribution is -0.143. The number of aromatic nitrogens is 1. The zero-order chi connectivity index (χ0) is 19.7. The second-order valence-corrected chi connectivity index (χ2v) is 7.67. The lowest BCUT2D eigenvalue weighted by atomic mass is 9.90. The molecule has 2 atom stereocenters. The normalized spacial score (nSPS) is 20.2. The number of carbonyl (C=O) groups is 2. The molecule has 27 heavy (non-hydrogen) atoms. The number of likely N-dealkylation sites (tertiary alicyclic amines) is 1. The lowest BCUT2D eigenvalue weighted by Gasteiger charge is -2.34. The second kappa shape index (κ2) is 7.72. The Morgan fingerprint density at radius 2 is 2.00 bits per heavy atom. The summed E-state index contributed by atoms with van der Waals surface area (Å²) in [5.41, 5.74) is 4.04. The van der Waals surface area contributed by atoms with E-state index in [-0.39, 0.29) is 18.4 Å². The molecule has 3 rings (SSSR count). The lowest BCUT2D eigenvalue weighted by Crippen LogP contribution is -2.45. The topological polar surface area (TPSA) is 71.8 Å². The van der Waals surface area contributed by atoms with Crippen molar-refractivity contribution in [3.8, 4) is 0 Å². The first-order chi connectivity index (χ1) is 12.8. The molecule has 0 radical (unpaired) electrons. The maximum atomic E-state index is 13.0. The number of carbonyl (C=O) groups excluding carboxylic acids is 1. The van der Waals surface area contributed by atoms with E-state index in [4.69, 9.17) is 4.74 Å². The van der Waals surface area contributed by atoms with Gasteiger partial charge in [-0.2, -0.15) is 0 Å². The van der Waals surface area contributed by atoms with E-state index in [2.05, 4.69) is 18.4 Å². The Kier molecular flexibility index (Phi) is 5.56. The van der Waals surface area contributed by atoms with Crippen molar-refractivity contribution in [1.29, 1.82) is 0 Å². The van der Waals surface area contributed by atoms with Gasteiger partial charge in [-0.3, -0.25) is 9.59 Å². The van der Waals surface area contributed by atoms with Crippen LogP contribution in [0.5, 0.6) is 0 Å². The van der Waals surface area contributed by atoms with Crippen molar-refractivity contribution >= 4 is 22.8 Å². The van der Waals surface area contributed by atoms with Crippen LogP contribution in [0.1, 0.15) is 35.0 Å². The number of nitrogens with zero attached hydrogens (tertiary/aromatic N) is 2. The number of benzene rings is 1. The summed E-state index contributed by atoms with van der Waals surface area (Å²) in [5, 5.41) is 10.4. The highest BCUT2D eigenvalue weighted by atomic mass is 16.5. The predicted molar refractivity (Wildman–Crippen MR) is 104 cm³/mol. The number of hydrogen-bond acceptors (Lipinski definition) is 3. The Labute approximate surface area is 159 Å². The van der Waals surface area contributed by atoms with Crippen LogP contribution in [0.25, 0.3) is 10.9 Å². The molecule has 0 saturated carbocycles. The van der Waals surface area contributed by atoms with E-state index in [0.717, 1.165) is 23.0 Å². The zero-order valence-corrected chi connectivity index (χ0v) is 16.5. The highest BCUT2D eigenvalue weighted by Crippen LogP contribution is 2.28. The summed E-state index contributed by atoms with van der Waals surface area (Å²) in [6, 6.07) is 5.78. The standard InChI is InChI=1S/C21H28N2O4/c1-13-9-17(21(25)26)12-22(11-13)20(24)16-5-6-19-18(10-16)14(2)15(3)23(19)7-8-27-4/h5-6,10,13,17H,7-9,11-12H2,1-4H3,(H,25,26). The molecule has 0 spiro atoms. The SMILES string of the molecule is COCCn1c(C)c(C)c2cc(C(=O)N3CC(C)CC(C(=O)O)C3)ccc21. The van der Waals surface area contributed by atoms with Crippen molar-refractivity contribution < 1.29 is 19.4 Å². The number of fused-ring (bicyclic) bond motifs is 1. The van der Waals surface area contributed by atoms with Crippen molar-refractivity contribution in [2.24, 2.45) is 11.8 Å². The van der Waals surface area contributed by atoms with Crippen LogP contribution in [0.2, 0.25) is 0 Å². The van der Waals surface area contributed by atoms with Crippen molar-refractivity contribution in [2.45, 2.75) is 33.7 Å². The molecule has 1 aliphatic heterocycles. The van der Waals surface area contributed by atoms with Crippen LogP contribution in [0, 0.1) is 25.7 Å². The summed E-state index contributed by atoms with van der Waals surface area (Å²) in [7, 11) is 1.69. The number of amides is 1. The summed E-state index contributed by atoms with van der Waals surface area (Å²) in [4.78, 5) is 26.1. The van der Waals surface area contributed by atoms with Gasteiger partial charge in [-0.1, -0.05) is 6.92 Å². The van der Waals surface area contributed by atoms with E-state index in [1.807, 2.05) is 25.1 Å². The molecule has 146 valence electrons. The Bertz CT molecular complexity index is 871. The van der Waals surface area contributed by atoms with Gasteiger partial charge in [-0.05, 0) is 49.9 Å². The van der Waals surface area contributed by atoms with Gasteiger partial charge in [0.1, 0.15) is 0 Å². The highest BCUT2D eigenvalue weighted by Gasteiger charge is 2.32. The van der Waals surface area contributed by atoms with Gasteiger partial charge in [0.15, 0.2) is 0 Å². The van der Waals surface area contributed by atoms with Crippen LogP contribution >= 0.6 is 0 Å². The maximum Gasteiger partial charge on any atom is 0.308 e. The summed E-state index contributed by atoms with van der Waals surface area (Å²) in [6.07, 6.45) is 0.624. The molecule has 1 aliphatic rings. The van der Waals surface area contributed by atoms with Gasteiger partial charge < -0.3 is 19.3 Å². The van der Waals surface area contributed by atoms with E-state index >= 15 is 0 Å². The molecule has 1 aromatic heterocycles. The minimum atomic E-state index is -0.823. The Morgan fingerprint density at radius 3 is 2.67 bits per heavy atom. The molecule has 1 saturated heterocycles. The number of carboxylic acids is 1. The van der Waals surface area contributed by atoms with Crippen molar-refractivity contribution in [3.63, 3.8) is 0 Å². The van der Waals surface area contributed by atoms with Crippen LogP contribution in [0.4, 0.5) is 0 Å². The fourth-order valence-electron chi connectivity index (χ4n) is 4.13. The third kappa shape index (κ3) is 3.72. The molecular formula is C21H28N2O4. The average Bonchev–Trinajstić information content (AvgIpc) is 2.89. The number of aliphatic carboxylic acids is 1. The van der Waals surface area contributed by atoms with Gasteiger partial charge >= 0.3 is 5.97 Å². The van der Waals surface area contributed by atoms with Crippen molar-refractivity contribution in [2.75, 3.05) is 26.8 Å². The molecule has 2 aromatic rings. The van der Waals surface area contributed by atoms with Gasteiger partial charge in [0.2, 0.25) is 0 Å². The minimum Gasteiger partial charge on any atom is -0.481 e. The molecule has 1 amide bonds. The molecule has 1 aromatic carbocycles. The number of ether oxygens (including phenoxy) is 1. The number of aryl methyl sites for hydroxylation is 1. The monoisotopic (exact) mass is 372 g/mol. The minimum absolute atomic E-state index is 0.0867. The van der Waals surface area contributed by atoms with E-state index in [1.54, 1.807) is 12.0 Å². The van der Waals surface area contributed by atoms with E-state index in [0.29, 0.717) is 25.1 Å².